The Morgan fingerprint density at radius 1 is 0.872 bits per heavy atom. The van der Waals surface area contributed by atoms with Crippen molar-refractivity contribution in [1.82, 2.24) is 4.90 Å². The van der Waals surface area contributed by atoms with Crippen molar-refractivity contribution in [1.29, 1.82) is 0 Å². The highest BCUT2D eigenvalue weighted by atomic mass is 19.1. The molecule has 1 heterocycles. The quantitative estimate of drug-likeness (QED) is 0.124. The molecule has 1 aliphatic rings. The van der Waals surface area contributed by atoms with Gasteiger partial charge in [0.15, 0.2) is 0 Å². The van der Waals surface area contributed by atoms with Gasteiger partial charge in [-0.3, -0.25) is 4.79 Å². The van der Waals surface area contributed by atoms with E-state index in [9.17, 15) is 13.6 Å². The van der Waals surface area contributed by atoms with Gasteiger partial charge in [0.1, 0.15) is 23.5 Å². The number of hydrogen-bond acceptors (Lipinski definition) is 4. The molecule has 0 aromatic heterocycles. The second kappa shape index (κ2) is 11.3. The number of amidine groups is 1. The molecule has 0 saturated carbocycles. The van der Waals surface area contributed by atoms with Crippen LogP contribution < -0.4 is 16.9 Å². The molecule has 5 rings (SSSR count). The standard InChI is InChI=1S/C31H29F2N5O/c32-25-7-2-1-6-24(25)28-10-5-19-38(28)31(39)29(36-27-9-4-3-8-26(27)33)22-15-11-20(12-16-22)21-13-17-23(18-14-21)30(34)37-35/h1-4,6-9,11-18,28-29,36H,5,10,19,35H2,(H2,34,37). The van der Waals surface area contributed by atoms with Crippen molar-refractivity contribution in [3.05, 3.63) is 125 Å². The summed E-state index contributed by atoms with van der Waals surface area (Å²) >= 11 is 0. The summed E-state index contributed by atoms with van der Waals surface area (Å²) in [6, 6.07) is 26.5. The molecule has 198 valence electrons. The van der Waals surface area contributed by atoms with E-state index in [2.05, 4.69) is 10.4 Å². The average Bonchev–Trinajstić information content (AvgIpc) is 3.46. The number of carbonyl (C=O) groups is 1. The summed E-state index contributed by atoms with van der Waals surface area (Å²) in [6.45, 7) is 0.493. The predicted molar refractivity (Wildman–Crippen MR) is 150 cm³/mol. The Morgan fingerprint density at radius 3 is 2.13 bits per heavy atom. The molecular formula is C31H29F2N5O. The maximum atomic E-state index is 14.7. The van der Waals surface area contributed by atoms with Gasteiger partial charge in [-0.05, 0) is 47.7 Å². The molecule has 6 nitrogen and oxygen atoms in total. The number of amides is 1. The Hall–Kier alpha value is -4.72. The number of hydrogen-bond donors (Lipinski definition) is 3. The van der Waals surface area contributed by atoms with Crippen LogP contribution >= 0.6 is 0 Å². The minimum Gasteiger partial charge on any atom is -0.382 e. The lowest BCUT2D eigenvalue weighted by Crippen LogP contribution is -2.38. The Bertz CT molecular complexity index is 1490. The topological polar surface area (TPSA) is 96.7 Å². The van der Waals surface area contributed by atoms with Crippen LogP contribution in [0, 0.1) is 11.6 Å². The van der Waals surface area contributed by atoms with E-state index in [0.29, 0.717) is 29.7 Å². The molecule has 0 aliphatic carbocycles. The number of nitrogens with two attached hydrogens (primary N) is 2. The van der Waals surface area contributed by atoms with E-state index in [1.54, 1.807) is 41.3 Å². The molecule has 8 heteroatoms. The first-order chi connectivity index (χ1) is 19.0. The van der Waals surface area contributed by atoms with Crippen molar-refractivity contribution in [3.63, 3.8) is 0 Å². The highest BCUT2D eigenvalue weighted by Gasteiger charge is 2.36. The van der Waals surface area contributed by atoms with Gasteiger partial charge in [0.2, 0.25) is 5.91 Å². The van der Waals surface area contributed by atoms with E-state index in [-0.39, 0.29) is 29.3 Å². The molecule has 4 aromatic rings. The van der Waals surface area contributed by atoms with Crippen LogP contribution in [0.2, 0.25) is 0 Å². The zero-order valence-electron chi connectivity index (χ0n) is 21.2. The lowest BCUT2D eigenvalue weighted by Gasteiger charge is -2.30. The van der Waals surface area contributed by atoms with Crippen LogP contribution in [0.3, 0.4) is 0 Å². The molecule has 0 bridgehead atoms. The fourth-order valence-corrected chi connectivity index (χ4v) is 5.06. The molecule has 1 amide bonds. The lowest BCUT2D eigenvalue weighted by atomic mass is 9.98. The molecule has 0 spiro atoms. The number of hydrazone groups is 1. The number of anilines is 1. The summed E-state index contributed by atoms with van der Waals surface area (Å²) in [5.74, 6) is 4.47. The minimum absolute atomic E-state index is 0.219. The molecule has 1 aliphatic heterocycles. The summed E-state index contributed by atoms with van der Waals surface area (Å²) in [6.07, 6.45) is 1.42. The molecule has 0 radical (unpaired) electrons. The van der Waals surface area contributed by atoms with Crippen LogP contribution in [0.1, 0.15) is 41.6 Å². The Kier molecular flexibility index (Phi) is 7.54. The fraction of sp³-hybridized carbons (Fsp3) is 0.161. The average molecular weight is 526 g/mol. The number of rotatable bonds is 7. The number of nitrogens with one attached hydrogen (secondary N) is 1. The van der Waals surface area contributed by atoms with Crippen LogP contribution in [0.15, 0.2) is 102 Å². The Balaban J connectivity index is 1.46. The SMILES string of the molecule is N/N=C(\N)c1ccc(-c2ccc(C(Nc3ccccc3F)C(=O)N3CCCC3c3ccccc3F)cc2)cc1. The van der Waals surface area contributed by atoms with Gasteiger partial charge < -0.3 is 21.8 Å². The van der Waals surface area contributed by atoms with Gasteiger partial charge in [-0.1, -0.05) is 78.9 Å². The second-order valence-corrected chi connectivity index (χ2v) is 9.48. The molecule has 1 fully saturated rings. The van der Waals surface area contributed by atoms with E-state index < -0.39 is 11.9 Å². The highest BCUT2D eigenvalue weighted by Crippen LogP contribution is 2.36. The summed E-state index contributed by atoms with van der Waals surface area (Å²) in [5, 5.41) is 6.63. The predicted octanol–water partition coefficient (Wildman–Crippen LogP) is 5.73. The Morgan fingerprint density at radius 2 is 1.49 bits per heavy atom. The third-order valence-electron chi connectivity index (χ3n) is 7.12. The zero-order chi connectivity index (χ0) is 27.4. The van der Waals surface area contributed by atoms with Gasteiger partial charge in [0, 0.05) is 17.7 Å². The number of halogens is 2. The summed E-state index contributed by atoms with van der Waals surface area (Å²) in [4.78, 5) is 15.7. The number of likely N-dealkylation sites (tertiary alicyclic amines) is 1. The molecular weight excluding hydrogens is 496 g/mol. The monoisotopic (exact) mass is 525 g/mol. The number of nitrogens with zero attached hydrogens (tertiary/aromatic N) is 2. The highest BCUT2D eigenvalue weighted by molar-refractivity contribution is 5.97. The van der Waals surface area contributed by atoms with Gasteiger partial charge in [-0.2, -0.15) is 5.10 Å². The molecule has 1 saturated heterocycles. The summed E-state index contributed by atoms with van der Waals surface area (Å²) in [7, 11) is 0. The van der Waals surface area contributed by atoms with E-state index in [1.165, 1.54) is 12.1 Å². The van der Waals surface area contributed by atoms with E-state index >= 15 is 0 Å². The van der Waals surface area contributed by atoms with Crippen LogP contribution in [-0.2, 0) is 4.79 Å². The molecule has 2 unspecified atom stereocenters. The number of benzene rings is 4. The van der Waals surface area contributed by atoms with Crippen molar-refractivity contribution >= 4 is 17.4 Å². The molecule has 5 N–H and O–H groups in total. The van der Waals surface area contributed by atoms with Gasteiger partial charge >= 0.3 is 0 Å². The minimum atomic E-state index is -0.869. The van der Waals surface area contributed by atoms with E-state index in [1.807, 2.05) is 48.5 Å². The van der Waals surface area contributed by atoms with Gasteiger partial charge in [-0.25, -0.2) is 8.78 Å². The third kappa shape index (κ3) is 5.45. The smallest absolute Gasteiger partial charge is 0.250 e. The fourth-order valence-electron chi connectivity index (χ4n) is 5.06. The number of carbonyl (C=O) groups excluding carboxylic acids is 1. The lowest BCUT2D eigenvalue weighted by molar-refractivity contribution is -0.133. The first kappa shape index (κ1) is 25.9. The van der Waals surface area contributed by atoms with Crippen LogP contribution in [0.5, 0.6) is 0 Å². The van der Waals surface area contributed by atoms with Gasteiger partial charge in [0.05, 0.1) is 11.7 Å². The third-order valence-corrected chi connectivity index (χ3v) is 7.12. The summed E-state index contributed by atoms with van der Waals surface area (Å²) < 4.78 is 29.3. The van der Waals surface area contributed by atoms with E-state index in [4.69, 9.17) is 11.6 Å². The largest absolute Gasteiger partial charge is 0.382 e. The van der Waals surface area contributed by atoms with Crippen molar-refractivity contribution in [2.24, 2.45) is 16.7 Å². The zero-order valence-corrected chi connectivity index (χ0v) is 21.2. The van der Waals surface area contributed by atoms with Crippen molar-refractivity contribution < 1.29 is 13.6 Å². The summed E-state index contributed by atoms with van der Waals surface area (Å²) in [5.41, 5.74) is 9.75. The molecule has 2 atom stereocenters. The van der Waals surface area contributed by atoms with Crippen LogP contribution in [0.4, 0.5) is 14.5 Å². The van der Waals surface area contributed by atoms with Gasteiger partial charge in [0.25, 0.3) is 0 Å². The van der Waals surface area contributed by atoms with Crippen LogP contribution in [-0.4, -0.2) is 23.2 Å². The number of para-hydroxylation sites is 1. The first-order valence-corrected chi connectivity index (χ1v) is 12.8. The molecule has 39 heavy (non-hydrogen) atoms. The maximum absolute atomic E-state index is 14.7. The Labute approximate surface area is 225 Å². The van der Waals surface area contributed by atoms with Gasteiger partial charge in [-0.15, -0.1) is 0 Å². The maximum Gasteiger partial charge on any atom is 0.250 e. The first-order valence-electron chi connectivity index (χ1n) is 12.8. The second-order valence-electron chi connectivity index (χ2n) is 9.48. The van der Waals surface area contributed by atoms with Crippen LogP contribution in [0.25, 0.3) is 11.1 Å². The normalized spacial score (nSPS) is 16.2. The van der Waals surface area contributed by atoms with Crippen molar-refractivity contribution in [2.45, 2.75) is 24.9 Å². The van der Waals surface area contributed by atoms with Crippen molar-refractivity contribution in [3.8, 4) is 11.1 Å². The van der Waals surface area contributed by atoms with E-state index in [0.717, 1.165) is 17.5 Å². The molecule has 4 aromatic carbocycles. The van der Waals surface area contributed by atoms with Crippen molar-refractivity contribution in [2.75, 3.05) is 11.9 Å².